The fourth-order valence-electron chi connectivity index (χ4n) is 1.95. The Bertz CT molecular complexity index is 453. The Morgan fingerprint density at radius 2 is 2.42 bits per heavy atom. The van der Waals surface area contributed by atoms with Crippen molar-refractivity contribution in [2.24, 2.45) is 5.73 Å². The van der Waals surface area contributed by atoms with E-state index in [1.54, 1.807) is 6.07 Å². The van der Waals surface area contributed by atoms with Crippen molar-refractivity contribution in [1.29, 1.82) is 5.26 Å². The molecular weight excluding hydrogens is 276 g/mol. The van der Waals surface area contributed by atoms with Gasteiger partial charge in [-0.15, -0.1) is 11.6 Å². The molecule has 1 unspecified atom stereocenters. The van der Waals surface area contributed by atoms with E-state index in [4.69, 9.17) is 27.3 Å². The molecule has 1 saturated heterocycles. The van der Waals surface area contributed by atoms with Crippen molar-refractivity contribution in [2.45, 2.75) is 29.5 Å². The maximum atomic E-state index is 11.7. The number of ether oxygens (including phenoxy) is 1. The van der Waals surface area contributed by atoms with Crippen LogP contribution in [0, 0.1) is 11.3 Å². The van der Waals surface area contributed by atoms with Crippen molar-refractivity contribution in [3.05, 3.63) is 12.3 Å². The second-order valence-corrected chi connectivity index (χ2v) is 4.79. The summed E-state index contributed by atoms with van der Waals surface area (Å²) in [7, 11) is 0. The lowest BCUT2D eigenvalue weighted by molar-refractivity contribution is -0.0973. The minimum Gasteiger partial charge on any atom is -0.392 e. The number of amides is 2. The van der Waals surface area contributed by atoms with Crippen LogP contribution in [0.25, 0.3) is 0 Å². The van der Waals surface area contributed by atoms with Gasteiger partial charge in [0.25, 0.3) is 0 Å². The van der Waals surface area contributed by atoms with Gasteiger partial charge < -0.3 is 26.0 Å². The van der Waals surface area contributed by atoms with Crippen molar-refractivity contribution >= 4 is 17.6 Å². The van der Waals surface area contributed by atoms with Crippen LogP contribution in [0.3, 0.4) is 0 Å². The van der Waals surface area contributed by atoms with Crippen LogP contribution in [0.5, 0.6) is 0 Å². The minimum atomic E-state index is -1.84. The molecule has 5 atom stereocenters. The smallest absolute Gasteiger partial charge is 0.325 e. The molecular formula is C10H13ClN4O4. The highest BCUT2D eigenvalue weighted by atomic mass is 35.5. The number of carbonyl (C=O) groups excluding carboxylic acids is 1. The Labute approximate surface area is 114 Å². The van der Waals surface area contributed by atoms with Gasteiger partial charge in [-0.3, -0.25) is 4.90 Å². The average Bonchev–Trinajstić information content (AvgIpc) is 2.64. The highest BCUT2D eigenvalue weighted by Crippen LogP contribution is 2.36. The molecule has 2 aliphatic heterocycles. The molecule has 104 valence electrons. The lowest BCUT2D eigenvalue weighted by Crippen LogP contribution is -2.54. The number of hydrogen-bond acceptors (Lipinski definition) is 6. The lowest BCUT2D eigenvalue weighted by atomic mass is 9.99. The maximum absolute atomic E-state index is 11.7. The Morgan fingerprint density at radius 3 is 2.89 bits per heavy atom. The zero-order valence-corrected chi connectivity index (χ0v) is 10.5. The van der Waals surface area contributed by atoms with Crippen molar-refractivity contribution in [3.8, 4) is 6.07 Å². The molecule has 2 amide bonds. The van der Waals surface area contributed by atoms with E-state index in [0.717, 1.165) is 4.90 Å². The molecule has 2 aliphatic rings. The standard InChI is InChI=1S/C10H13ClN4O4/c11-6-7(17)10(3-12,4-16)19-8(6)15-2-1-5(13)14-9(15)18/h1-2,5-8,16-17H,4,13H2,(H,14,18)/t5?,6-,7+,8-,10-/m1/s1. The molecule has 19 heavy (non-hydrogen) atoms. The van der Waals surface area contributed by atoms with Crippen LogP contribution < -0.4 is 11.1 Å². The first-order chi connectivity index (χ1) is 8.95. The summed E-state index contributed by atoms with van der Waals surface area (Å²) in [5.41, 5.74) is 3.65. The summed E-state index contributed by atoms with van der Waals surface area (Å²) < 4.78 is 5.30. The Hall–Kier alpha value is -1.37. The van der Waals surface area contributed by atoms with Gasteiger partial charge in [-0.25, -0.2) is 4.79 Å². The molecule has 0 aromatic rings. The maximum Gasteiger partial charge on any atom is 0.325 e. The van der Waals surface area contributed by atoms with E-state index in [1.165, 1.54) is 12.3 Å². The summed E-state index contributed by atoms with van der Waals surface area (Å²) in [4.78, 5) is 12.8. The summed E-state index contributed by atoms with van der Waals surface area (Å²) >= 11 is 5.98. The van der Waals surface area contributed by atoms with Crippen LogP contribution in [-0.4, -0.2) is 57.2 Å². The quantitative estimate of drug-likeness (QED) is 0.452. The van der Waals surface area contributed by atoms with Crippen LogP contribution in [-0.2, 0) is 4.74 Å². The van der Waals surface area contributed by atoms with Gasteiger partial charge in [0.1, 0.15) is 17.6 Å². The van der Waals surface area contributed by atoms with Crippen molar-refractivity contribution in [1.82, 2.24) is 10.2 Å². The summed E-state index contributed by atoms with van der Waals surface area (Å²) in [6.07, 6.45) is -0.270. The first-order valence-corrected chi connectivity index (χ1v) is 5.93. The van der Waals surface area contributed by atoms with Crippen LogP contribution in [0.1, 0.15) is 0 Å². The average molecular weight is 289 g/mol. The summed E-state index contributed by atoms with van der Waals surface area (Å²) in [6.45, 7) is -0.733. The van der Waals surface area contributed by atoms with Crippen LogP contribution in [0.2, 0.25) is 0 Å². The molecule has 0 aromatic carbocycles. The number of nitrogens with two attached hydrogens (primary N) is 1. The predicted octanol–water partition coefficient (Wildman–Crippen LogP) is -1.61. The summed E-state index contributed by atoms with van der Waals surface area (Å²) in [5.74, 6) is 0. The molecule has 8 nitrogen and oxygen atoms in total. The molecule has 0 spiro atoms. The van der Waals surface area contributed by atoms with E-state index in [2.05, 4.69) is 5.32 Å². The van der Waals surface area contributed by atoms with Gasteiger partial charge in [0.05, 0.1) is 12.8 Å². The largest absolute Gasteiger partial charge is 0.392 e. The molecule has 2 heterocycles. The van der Waals surface area contributed by atoms with Gasteiger partial charge >= 0.3 is 6.03 Å². The van der Waals surface area contributed by atoms with E-state index in [-0.39, 0.29) is 0 Å². The zero-order chi connectivity index (χ0) is 14.2. The normalized spacial score (nSPS) is 42.1. The number of hydrogen-bond donors (Lipinski definition) is 4. The van der Waals surface area contributed by atoms with Crippen LogP contribution >= 0.6 is 11.6 Å². The Kier molecular flexibility index (Phi) is 3.66. The highest BCUT2D eigenvalue weighted by Gasteiger charge is 2.57. The van der Waals surface area contributed by atoms with E-state index < -0.39 is 42.1 Å². The SMILES string of the molecule is N#C[C@]1(CO)O[C@@H](N2C=CC(N)NC2=O)[C@H](Cl)[C@@H]1O. The van der Waals surface area contributed by atoms with Gasteiger partial charge in [0, 0.05) is 6.20 Å². The fraction of sp³-hybridized carbons (Fsp3) is 0.600. The number of aliphatic hydroxyl groups excluding tert-OH is 2. The van der Waals surface area contributed by atoms with Crippen molar-refractivity contribution < 1.29 is 19.7 Å². The van der Waals surface area contributed by atoms with Crippen molar-refractivity contribution in [2.75, 3.05) is 6.61 Å². The van der Waals surface area contributed by atoms with Crippen molar-refractivity contribution in [3.63, 3.8) is 0 Å². The second kappa shape index (κ2) is 4.96. The minimum absolute atomic E-state index is 0.565. The monoisotopic (exact) mass is 288 g/mol. The Morgan fingerprint density at radius 1 is 1.74 bits per heavy atom. The fourth-order valence-corrected chi connectivity index (χ4v) is 2.33. The second-order valence-electron chi connectivity index (χ2n) is 4.28. The van der Waals surface area contributed by atoms with Gasteiger partial charge in [-0.05, 0) is 6.08 Å². The molecule has 5 N–H and O–H groups in total. The third-order valence-electron chi connectivity index (χ3n) is 3.06. The number of halogens is 1. The van der Waals surface area contributed by atoms with Gasteiger partial charge in [-0.2, -0.15) is 5.26 Å². The van der Waals surface area contributed by atoms with Gasteiger partial charge in [0.15, 0.2) is 6.23 Å². The summed E-state index contributed by atoms with van der Waals surface area (Å²) in [6, 6.07) is 1.12. The lowest BCUT2D eigenvalue weighted by Gasteiger charge is -2.31. The number of carbonyl (C=O) groups is 1. The molecule has 0 saturated carbocycles. The molecule has 0 aliphatic carbocycles. The molecule has 0 radical (unpaired) electrons. The van der Waals surface area contributed by atoms with Crippen LogP contribution in [0.4, 0.5) is 4.79 Å². The number of aliphatic hydroxyl groups is 2. The topological polar surface area (TPSA) is 132 Å². The van der Waals surface area contributed by atoms with E-state index in [0.29, 0.717) is 0 Å². The number of nitrogens with zero attached hydrogens (tertiary/aromatic N) is 2. The molecule has 1 fully saturated rings. The van der Waals surface area contributed by atoms with E-state index in [1.807, 2.05) is 0 Å². The Balaban J connectivity index is 2.26. The number of alkyl halides is 1. The number of nitrogens with one attached hydrogen (secondary N) is 1. The zero-order valence-electron chi connectivity index (χ0n) is 9.73. The predicted molar refractivity (Wildman–Crippen MR) is 63.4 cm³/mol. The number of rotatable bonds is 2. The number of urea groups is 1. The third kappa shape index (κ3) is 2.16. The first-order valence-electron chi connectivity index (χ1n) is 5.50. The first kappa shape index (κ1) is 14.0. The van der Waals surface area contributed by atoms with Gasteiger partial charge in [0.2, 0.25) is 5.60 Å². The molecule has 9 heteroatoms. The van der Waals surface area contributed by atoms with Crippen LogP contribution in [0.15, 0.2) is 12.3 Å². The van der Waals surface area contributed by atoms with E-state index in [9.17, 15) is 15.0 Å². The van der Waals surface area contributed by atoms with E-state index >= 15 is 0 Å². The molecule has 2 rings (SSSR count). The number of nitriles is 1. The van der Waals surface area contributed by atoms with Gasteiger partial charge in [-0.1, -0.05) is 0 Å². The molecule has 0 bridgehead atoms. The highest BCUT2D eigenvalue weighted by molar-refractivity contribution is 6.21. The molecule has 0 aromatic heterocycles. The summed E-state index contributed by atoms with van der Waals surface area (Å²) in [5, 5.41) is 29.5. The third-order valence-corrected chi connectivity index (χ3v) is 3.51.